The third-order valence-electron chi connectivity index (χ3n) is 5.95. The molecule has 2 aromatic rings. The van der Waals surface area contributed by atoms with Crippen molar-refractivity contribution in [3.05, 3.63) is 29.8 Å². The Labute approximate surface area is 194 Å². The van der Waals surface area contributed by atoms with Gasteiger partial charge >= 0.3 is 0 Å². The van der Waals surface area contributed by atoms with Gasteiger partial charge in [-0.1, -0.05) is 63.7 Å². The van der Waals surface area contributed by atoms with Gasteiger partial charge in [0.2, 0.25) is 11.1 Å². The van der Waals surface area contributed by atoms with Crippen LogP contribution in [0.1, 0.15) is 53.0 Å². The first kappa shape index (κ1) is 24.6. The van der Waals surface area contributed by atoms with Crippen molar-refractivity contribution in [3.63, 3.8) is 0 Å². The molecule has 0 spiro atoms. The number of hydrogen-bond acceptors (Lipinski definition) is 7. The van der Waals surface area contributed by atoms with Crippen LogP contribution in [-0.2, 0) is 20.0 Å². The van der Waals surface area contributed by atoms with E-state index in [1.807, 2.05) is 26.0 Å². The molecule has 3 rings (SSSR count). The van der Waals surface area contributed by atoms with Crippen molar-refractivity contribution in [1.82, 2.24) is 19.8 Å². The fourth-order valence-electron chi connectivity index (χ4n) is 3.89. The molecule has 1 aromatic carbocycles. The number of rotatable bonds is 7. The van der Waals surface area contributed by atoms with Crippen LogP contribution in [0.3, 0.4) is 0 Å². The molecule has 1 aliphatic heterocycles. The number of carbonyl (C=O) groups is 1. The largest absolute Gasteiger partial charge is 0.335 e. The lowest BCUT2D eigenvalue weighted by Crippen LogP contribution is -2.47. The first-order valence-electron chi connectivity index (χ1n) is 10.9. The molecule has 2 N–H and O–H groups in total. The molecule has 1 aromatic heterocycles. The smallest absolute Gasteiger partial charge is 0.233 e. The molecule has 1 aliphatic rings. The molecule has 32 heavy (non-hydrogen) atoms. The average molecular weight is 480 g/mol. The zero-order valence-corrected chi connectivity index (χ0v) is 21.0. The third kappa shape index (κ3) is 5.46. The Morgan fingerprint density at radius 1 is 1.28 bits per heavy atom. The van der Waals surface area contributed by atoms with Gasteiger partial charge in [-0.15, -0.1) is 10.2 Å². The first-order chi connectivity index (χ1) is 14.9. The number of thioether (sulfide) groups is 1. The maximum absolute atomic E-state index is 13.0. The number of nitrogen functional groups attached to an aromatic ring is 1. The van der Waals surface area contributed by atoms with Crippen molar-refractivity contribution in [2.75, 3.05) is 23.1 Å². The minimum absolute atomic E-state index is 0.0333. The number of hydrogen-bond donors (Lipinski definition) is 1. The first-order valence-corrected chi connectivity index (χ1v) is 13.7. The molecule has 0 radical (unpaired) electrons. The summed E-state index contributed by atoms with van der Waals surface area (Å²) in [5, 5.41) is 8.82. The summed E-state index contributed by atoms with van der Waals surface area (Å²) in [5.41, 5.74) is 2.11. The second-order valence-corrected chi connectivity index (χ2v) is 12.6. The Balaban J connectivity index is 1.71. The Morgan fingerprint density at radius 3 is 2.47 bits per heavy atom. The van der Waals surface area contributed by atoms with Gasteiger partial charge in [0.25, 0.3) is 0 Å². The van der Waals surface area contributed by atoms with Crippen LogP contribution in [0.4, 0.5) is 0 Å². The molecule has 10 heteroatoms. The normalized spacial score (nSPS) is 19.1. The topological polar surface area (TPSA) is 111 Å². The van der Waals surface area contributed by atoms with Crippen molar-refractivity contribution in [2.45, 2.75) is 70.1 Å². The summed E-state index contributed by atoms with van der Waals surface area (Å²) in [5.74, 6) is 6.95. The van der Waals surface area contributed by atoms with Crippen molar-refractivity contribution in [2.24, 2.45) is 0 Å². The Bertz CT molecular complexity index is 1060. The molecular formula is C22H33N5O3S2. The van der Waals surface area contributed by atoms with E-state index in [0.717, 1.165) is 12.0 Å². The third-order valence-corrected chi connectivity index (χ3v) is 8.63. The van der Waals surface area contributed by atoms with Crippen LogP contribution >= 0.6 is 11.8 Å². The molecule has 1 amide bonds. The highest BCUT2D eigenvalue weighted by Gasteiger charge is 2.36. The second kappa shape index (κ2) is 9.43. The van der Waals surface area contributed by atoms with Crippen LogP contribution in [0, 0.1) is 0 Å². The number of nitrogens with two attached hydrogens (primary N) is 1. The summed E-state index contributed by atoms with van der Waals surface area (Å²) in [6.07, 6.45) is 1.25. The quantitative estimate of drug-likeness (QED) is 0.480. The molecule has 176 valence electrons. The lowest BCUT2D eigenvalue weighted by atomic mass is 9.87. The zero-order chi connectivity index (χ0) is 23.7. The van der Waals surface area contributed by atoms with Crippen LogP contribution < -0.4 is 5.84 Å². The lowest BCUT2D eigenvalue weighted by molar-refractivity contribution is -0.132. The molecule has 0 aliphatic carbocycles. The van der Waals surface area contributed by atoms with Gasteiger partial charge in [0.15, 0.2) is 15.7 Å². The Morgan fingerprint density at radius 2 is 1.94 bits per heavy atom. The van der Waals surface area contributed by atoms with Gasteiger partial charge in [-0.25, -0.2) is 13.1 Å². The predicted octanol–water partition coefficient (Wildman–Crippen LogP) is 2.86. The highest BCUT2D eigenvalue weighted by atomic mass is 32.2. The Hall–Kier alpha value is -2.07. The monoisotopic (exact) mass is 479 g/mol. The highest BCUT2D eigenvalue weighted by molar-refractivity contribution is 7.99. The van der Waals surface area contributed by atoms with Crippen molar-refractivity contribution < 1.29 is 13.2 Å². The van der Waals surface area contributed by atoms with Gasteiger partial charge in [-0.05, 0) is 30.7 Å². The minimum atomic E-state index is -3.08. The summed E-state index contributed by atoms with van der Waals surface area (Å²) < 4.78 is 25.3. The van der Waals surface area contributed by atoms with E-state index >= 15 is 0 Å². The van der Waals surface area contributed by atoms with Crippen molar-refractivity contribution >= 4 is 27.5 Å². The van der Waals surface area contributed by atoms with Crippen LogP contribution in [0.2, 0.25) is 0 Å². The van der Waals surface area contributed by atoms with Crippen molar-refractivity contribution in [1.29, 1.82) is 0 Å². The summed E-state index contributed by atoms with van der Waals surface area (Å²) in [4.78, 5) is 14.8. The molecule has 1 fully saturated rings. The van der Waals surface area contributed by atoms with Crippen molar-refractivity contribution in [3.8, 4) is 11.4 Å². The number of benzene rings is 1. The molecule has 1 saturated heterocycles. The molecule has 0 saturated carbocycles. The highest BCUT2D eigenvalue weighted by Crippen LogP contribution is 2.27. The minimum Gasteiger partial charge on any atom is -0.335 e. The summed E-state index contributed by atoms with van der Waals surface area (Å²) >= 11 is 1.22. The maximum atomic E-state index is 13.0. The van der Waals surface area contributed by atoms with E-state index in [1.54, 1.807) is 4.90 Å². The van der Waals surface area contributed by atoms with E-state index in [9.17, 15) is 13.2 Å². The number of carbonyl (C=O) groups excluding carboxylic acids is 1. The summed E-state index contributed by atoms with van der Waals surface area (Å²) in [7, 11) is -3.08. The van der Waals surface area contributed by atoms with Crippen LogP contribution in [0.15, 0.2) is 29.4 Å². The van der Waals surface area contributed by atoms with E-state index < -0.39 is 9.84 Å². The zero-order valence-electron chi connectivity index (χ0n) is 19.4. The second-order valence-electron chi connectivity index (χ2n) is 9.41. The van der Waals surface area contributed by atoms with E-state index in [2.05, 4.69) is 43.1 Å². The van der Waals surface area contributed by atoms with Gasteiger partial charge in [-0.2, -0.15) is 0 Å². The van der Waals surface area contributed by atoms with Crippen LogP contribution in [0.25, 0.3) is 11.4 Å². The van der Waals surface area contributed by atoms with Gasteiger partial charge in [0, 0.05) is 17.6 Å². The maximum Gasteiger partial charge on any atom is 0.233 e. The molecule has 2 heterocycles. The van der Waals surface area contributed by atoms with E-state index in [-0.39, 0.29) is 40.7 Å². The van der Waals surface area contributed by atoms with E-state index in [0.29, 0.717) is 17.4 Å². The number of aromatic nitrogens is 3. The standard InChI is InChI=1S/C22H33N5O3S2/c1-6-15(2)26(18-11-12-32(29,30)14-18)19(28)13-31-21-25-24-20(27(21)23)16-7-9-17(10-8-16)22(3,4)5/h7-10,15,18H,6,11-14,23H2,1-5H3/t15-,18+/m0/s1. The van der Waals surface area contributed by atoms with Gasteiger partial charge in [0.05, 0.1) is 17.3 Å². The predicted molar refractivity (Wildman–Crippen MR) is 129 cm³/mol. The van der Waals surface area contributed by atoms with Crippen LogP contribution in [-0.4, -0.2) is 63.4 Å². The fraction of sp³-hybridized carbons (Fsp3) is 0.591. The molecule has 2 atom stereocenters. The lowest BCUT2D eigenvalue weighted by Gasteiger charge is -2.33. The number of sulfone groups is 1. The van der Waals surface area contributed by atoms with E-state index in [4.69, 9.17) is 5.84 Å². The Kier molecular flexibility index (Phi) is 7.24. The number of amides is 1. The van der Waals surface area contributed by atoms with Gasteiger partial charge in [-0.3, -0.25) is 4.79 Å². The molecule has 8 nitrogen and oxygen atoms in total. The van der Waals surface area contributed by atoms with Gasteiger partial charge in [0.1, 0.15) is 0 Å². The molecular weight excluding hydrogens is 446 g/mol. The van der Waals surface area contributed by atoms with E-state index in [1.165, 1.54) is 22.0 Å². The molecule has 0 unspecified atom stereocenters. The summed E-state index contributed by atoms with van der Waals surface area (Å²) in [6.45, 7) is 10.4. The van der Waals surface area contributed by atoms with Gasteiger partial charge < -0.3 is 10.7 Å². The van der Waals surface area contributed by atoms with Crippen LogP contribution in [0.5, 0.6) is 0 Å². The number of nitrogens with zero attached hydrogens (tertiary/aromatic N) is 4. The fourth-order valence-corrected chi connectivity index (χ4v) is 6.33. The molecule has 0 bridgehead atoms. The average Bonchev–Trinajstić information content (AvgIpc) is 3.27. The SMILES string of the molecule is CC[C@H](C)N(C(=O)CSc1nnc(-c2ccc(C(C)(C)C)cc2)n1N)[C@@H]1CCS(=O)(=O)C1. The summed E-state index contributed by atoms with van der Waals surface area (Å²) in [6, 6.07) is 7.75.